The van der Waals surface area contributed by atoms with Crippen molar-refractivity contribution in [2.45, 2.75) is 38.5 Å². The summed E-state index contributed by atoms with van der Waals surface area (Å²) in [6, 6.07) is 18.4. The zero-order valence-corrected chi connectivity index (χ0v) is 26.2. The Kier molecular flexibility index (Phi) is 7.14. The fourth-order valence-electron chi connectivity index (χ4n) is 7.37. The van der Waals surface area contributed by atoms with Crippen LogP contribution in [-0.2, 0) is 24.0 Å². The molecule has 1 spiro atoms. The number of carboxylic acid groups (broad SMARTS) is 1. The Hall–Kier alpha value is -4.54. The van der Waals surface area contributed by atoms with E-state index in [1.165, 1.54) is 11.3 Å². The Morgan fingerprint density at radius 2 is 1.72 bits per heavy atom. The van der Waals surface area contributed by atoms with Gasteiger partial charge in [0, 0.05) is 65.6 Å². The average Bonchev–Trinajstić information content (AvgIpc) is 3.68. The number of ether oxygens (including phenoxy) is 1. The Morgan fingerprint density at radius 3 is 2.50 bits per heavy atom. The average molecular weight is 635 g/mol. The van der Waals surface area contributed by atoms with Crippen molar-refractivity contribution in [1.82, 2.24) is 4.98 Å². The molecule has 2 saturated heterocycles. The minimum atomic E-state index is -0.941. The largest absolute Gasteiger partial charge is 0.477 e. The third-order valence-electron chi connectivity index (χ3n) is 9.88. The van der Waals surface area contributed by atoms with E-state index in [4.69, 9.17) is 9.72 Å². The van der Waals surface area contributed by atoms with Gasteiger partial charge in [-0.25, -0.2) is 9.78 Å². The van der Waals surface area contributed by atoms with Crippen molar-refractivity contribution in [3.05, 3.63) is 93.5 Å². The van der Waals surface area contributed by atoms with Crippen molar-refractivity contribution in [3.63, 3.8) is 0 Å². The number of fused-ring (bicyclic) bond motifs is 4. The molecule has 234 valence electrons. The highest BCUT2D eigenvalue weighted by molar-refractivity contribution is 7.17. The van der Waals surface area contributed by atoms with E-state index in [0.29, 0.717) is 34.7 Å². The van der Waals surface area contributed by atoms with Crippen molar-refractivity contribution < 1.29 is 24.2 Å². The summed E-state index contributed by atoms with van der Waals surface area (Å²) in [5.41, 5.74) is 6.78. The molecule has 5 heterocycles. The summed E-state index contributed by atoms with van der Waals surface area (Å²) in [4.78, 5) is 49.4. The van der Waals surface area contributed by atoms with Gasteiger partial charge < -0.3 is 25.0 Å². The highest BCUT2D eigenvalue weighted by atomic mass is 32.1. The predicted molar refractivity (Wildman–Crippen MR) is 177 cm³/mol. The number of benzene rings is 2. The number of hydrogen-bond donors (Lipinski definition) is 2. The minimum absolute atomic E-state index is 0.149. The summed E-state index contributed by atoms with van der Waals surface area (Å²) in [5.74, 6) is -0.518. The molecule has 10 heteroatoms. The lowest BCUT2D eigenvalue weighted by Crippen LogP contribution is -2.59. The number of para-hydroxylation sites is 1. The molecule has 1 aliphatic carbocycles. The Bertz CT molecular complexity index is 1870. The predicted octanol–water partition coefficient (Wildman–Crippen LogP) is 6.07. The standard InChI is InChI=1S/C36H34N4O5S/c41-33(27-18-23-4-3-6-28(23)38-32(27)39-20-36(21-39)13-16-45-17-14-36)37-25-10-8-22(9-11-25)34(42)40-15-12-24-19-30(35(43)44)46-31(24)26-5-1-2-7-29(26)40/h1-2,5,7-11,18-19H,3-4,6,12-17,20-21H2,(H,37,41)(H,43,44). The first-order valence-corrected chi connectivity index (χ1v) is 16.7. The first kappa shape index (κ1) is 28.9. The van der Waals surface area contributed by atoms with E-state index in [0.717, 1.165) is 97.2 Å². The SMILES string of the molecule is O=C(O)c1cc2c(s1)-c1ccccc1N(C(=O)c1ccc(NC(=O)c3cc4c(nc3N3CC5(CCOCC5)C3)CCC4)cc1)CC2. The van der Waals surface area contributed by atoms with E-state index in [1.807, 2.05) is 30.3 Å². The molecule has 2 fully saturated rings. The van der Waals surface area contributed by atoms with Crippen molar-refractivity contribution in [1.29, 1.82) is 0 Å². The normalized spacial score (nSPS) is 17.8. The number of nitrogens with zero attached hydrogens (tertiary/aromatic N) is 3. The number of aryl methyl sites for hydroxylation is 2. The number of hydrogen-bond acceptors (Lipinski definition) is 7. The second-order valence-electron chi connectivity index (χ2n) is 12.8. The van der Waals surface area contributed by atoms with E-state index in [-0.39, 0.29) is 17.2 Å². The second kappa shape index (κ2) is 11.4. The first-order valence-electron chi connectivity index (χ1n) is 15.9. The maximum absolute atomic E-state index is 13.8. The van der Waals surface area contributed by atoms with Crippen molar-refractivity contribution in [3.8, 4) is 10.4 Å². The number of amides is 2. The number of thiophene rings is 1. The van der Waals surface area contributed by atoms with Crippen LogP contribution in [0.1, 0.15) is 66.5 Å². The van der Waals surface area contributed by atoms with Gasteiger partial charge in [-0.05, 0) is 92.1 Å². The number of anilines is 3. The Labute approximate surface area is 270 Å². The van der Waals surface area contributed by atoms with Gasteiger partial charge in [0.05, 0.1) is 11.3 Å². The molecule has 0 atom stereocenters. The third kappa shape index (κ3) is 5.05. The van der Waals surface area contributed by atoms with Crippen LogP contribution in [-0.4, -0.2) is 60.7 Å². The zero-order chi connectivity index (χ0) is 31.4. The van der Waals surface area contributed by atoms with Crippen LogP contribution >= 0.6 is 11.3 Å². The summed E-state index contributed by atoms with van der Waals surface area (Å²) < 4.78 is 5.59. The molecule has 2 N–H and O–H groups in total. The van der Waals surface area contributed by atoms with Gasteiger partial charge in [-0.3, -0.25) is 9.59 Å². The lowest BCUT2D eigenvalue weighted by atomic mass is 9.73. The van der Waals surface area contributed by atoms with Gasteiger partial charge in [0.2, 0.25) is 0 Å². The number of carbonyl (C=O) groups excluding carboxylic acids is 2. The quantitative estimate of drug-likeness (QED) is 0.274. The summed E-state index contributed by atoms with van der Waals surface area (Å²) in [6.07, 6.45) is 5.59. The highest BCUT2D eigenvalue weighted by Gasteiger charge is 2.45. The molecular formula is C36H34N4O5S. The lowest BCUT2D eigenvalue weighted by Gasteiger charge is -2.53. The van der Waals surface area contributed by atoms with Crippen molar-refractivity contribution in [2.24, 2.45) is 5.41 Å². The molecule has 3 aliphatic heterocycles. The van der Waals surface area contributed by atoms with Gasteiger partial charge >= 0.3 is 5.97 Å². The van der Waals surface area contributed by atoms with Gasteiger partial charge in [0.25, 0.3) is 11.8 Å². The molecule has 0 radical (unpaired) electrons. The van der Waals surface area contributed by atoms with E-state index in [1.54, 1.807) is 35.2 Å². The second-order valence-corrected chi connectivity index (χ2v) is 13.9. The van der Waals surface area contributed by atoms with Crippen LogP contribution < -0.4 is 15.1 Å². The van der Waals surface area contributed by atoms with Crippen molar-refractivity contribution >= 4 is 46.3 Å². The van der Waals surface area contributed by atoms with Gasteiger partial charge in [-0.2, -0.15) is 0 Å². The van der Waals surface area contributed by atoms with Crippen LogP contribution in [0.3, 0.4) is 0 Å². The molecule has 4 aromatic rings. The van der Waals surface area contributed by atoms with E-state index in [2.05, 4.69) is 10.2 Å². The smallest absolute Gasteiger partial charge is 0.345 e. The van der Waals surface area contributed by atoms with Crippen molar-refractivity contribution in [2.75, 3.05) is 48.0 Å². The van der Waals surface area contributed by atoms with Crippen LogP contribution in [0.25, 0.3) is 10.4 Å². The number of carbonyl (C=O) groups is 3. The van der Waals surface area contributed by atoms with Gasteiger partial charge in [0.1, 0.15) is 10.7 Å². The molecule has 9 nitrogen and oxygen atoms in total. The van der Waals surface area contributed by atoms with Crippen LogP contribution in [0.2, 0.25) is 0 Å². The molecular weight excluding hydrogens is 600 g/mol. The van der Waals surface area contributed by atoms with Gasteiger partial charge in [-0.1, -0.05) is 18.2 Å². The first-order chi connectivity index (χ1) is 22.4. The molecule has 0 saturated carbocycles. The van der Waals surface area contributed by atoms with Crippen LogP contribution in [0.15, 0.2) is 60.7 Å². The number of nitrogens with one attached hydrogen (secondary N) is 1. The molecule has 0 bridgehead atoms. The van der Waals surface area contributed by atoms with Crippen LogP contribution in [0, 0.1) is 5.41 Å². The van der Waals surface area contributed by atoms with Gasteiger partial charge in [0.15, 0.2) is 0 Å². The molecule has 2 aromatic heterocycles. The number of rotatable bonds is 5. The maximum Gasteiger partial charge on any atom is 0.345 e. The molecule has 2 aromatic carbocycles. The zero-order valence-electron chi connectivity index (χ0n) is 25.4. The third-order valence-corrected chi connectivity index (χ3v) is 11.1. The number of pyridine rings is 1. The number of aromatic carboxylic acids is 1. The molecule has 8 rings (SSSR count). The fourth-order valence-corrected chi connectivity index (χ4v) is 8.45. The van der Waals surface area contributed by atoms with Gasteiger partial charge in [-0.15, -0.1) is 11.3 Å². The molecule has 0 unspecified atom stereocenters. The Balaban J connectivity index is 1.01. The minimum Gasteiger partial charge on any atom is -0.477 e. The summed E-state index contributed by atoms with van der Waals surface area (Å²) in [6.45, 7) is 3.81. The molecule has 2 amide bonds. The van der Waals surface area contributed by atoms with Crippen LogP contribution in [0.4, 0.5) is 17.2 Å². The molecule has 46 heavy (non-hydrogen) atoms. The highest BCUT2D eigenvalue weighted by Crippen LogP contribution is 2.44. The summed E-state index contributed by atoms with van der Waals surface area (Å²) in [7, 11) is 0. The lowest BCUT2D eigenvalue weighted by molar-refractivity contribution is -0.000521. The van der Waals surface area contributed by atoms with E-state index in [9.17, 15) is 19.5 Å². The van der Waals surface area contributed by atoms with E-state index < -0.39 is 5.97 Å². The monoisotopic (exact) mass is 634 g/mol. The Morgan fingerprint density at radius 1 is 0.935 bits per heavy atom. The summed E-state index contributed by atoms with van der Waals surface area (Å²) in [5, 5.41) is 12.6. The van der Waals surface area contributed by atoms with Crippen LogP contribution in [0.5, 0.6) is 0 Å². The fraction of sp³-hybridized carbons (Fsp3) is 0.333. The number of carboxylic acids is 1. The molecule has 4 aliphatic rings. The van der Waals surface area contributed by atoms with E-state index >= 15 is 0 Å². The summed E-state index contributed by atoms with van der Waals surface area (Å²) >= 11 is 1.24. The topological polar surface area (TPSA) is 112 Å². The number of aromatic nitrogens is 1. The maximum atomic E-state index is 13.8.